The van der Waals surface area contributed by atoms with Gasteiger partial charge in [-0.15, -0.1) is 0 Å². The van der Waals surface area contributed by atoms with E-state index in [-0.39, 0.29) is 19.0 Å². The number of anilines is 1. The average Bonchev–Trinajstić information content (AvgIpc) is 3.01. The molecule has 0 bridgehead atoms. The van der Waals surface area contributed by atoms with Gasteiger partial charge in [0.2, 0.25) is 5.67 Å². The van der Waals surface area contributed by atoms with Crippen LogP contribution < -0.4 is 10.2 Å². The molecular formula is C16H21FN4O. The second-order valence-corrected chi connectivity index (χ2v) is 6.76. The SMILES string of the molecule is Cc1nc2c(c(N3CCC(F)(C(=O)NC4CC4)C3)n1)CCC2. The minimum Gasteiger partial charge on any atom is -0.352 e. The van der Waals surface area contributed by atoms with Gasteiger partial charge in [-0.1, -0.05) is 0 Å². The Bertz CT molecular complexity index is 631. The van der Waals surface area contributed by atoms with E-state index < -0.39 is 11.6 Å². The highest BCUT2D eigenvalue weighted by Gasteiger charge is 2.47. The van der Waals surface area contributed by atoms with Crippen LogP contribution in [0.5, 0.6) is 0 Å². The van der Waals surface area contributed by atoms with E-state index in [4.69, 9.17) is 0 Å². The van der Waals surface area contributed by atoms with Gasteiger partial charge < -0.3 is 10.2 Å². The van der Waals surface area contributed by atoms with E-state index in [1.54, 1.807) is 0 Å². The molecule has 1 N–H and O–H groups in total. The van der Waals surface area contributed by atoms with Gasteiger partial charge >= 0.3 is 0 Å². The number of hydrogen-bond donors (Lipinski definition) is 1. The number of carbonyl (C=O) groups excluding carboxylic acids is 1. The van der Waals surface area contributed by atoms with Crippen molar-refractivity contribution >= 4 is 11.7 Å². The second-order valence-electron chi connectivity index (χ2n) is 6.76. The number of halogens is 1. The van der Waals surface area contributed by atoms with Crippen LogP contribution in [0.3, 0.4) is 0 Å². The van der Waals surface area contributed by atoms with Crippen molar-refractivity contribution in [3.63, 3.8) is 0 Å². The number of hydrogen-bond acceptors (Lipinski definition) is 4. The summed E-state index contributed by atoms with van der Waals surface area (Å²) in [6, 6.07) is 0.194. The molecule has 22 heavy (non-hydrogen) atoms. The molecule has 1 saturated heterocycles. The molecule has 1 atom stereocenters. The Labute approximate surface area is 129 Å². The van der Waals surface area contributed by atoms with Crippen molar-refractivity contribution in [2.45, 2.75) is 57.2 Å². The van der Waals surface area contributed by atoms with E-state index in [0.717, 1.165) is 55.0 Å². The van der Waals surface area contributed by atoms with Gasteiger partial charge in [0.25, 0.3) is 5.91 Å². The maximum atomic E-state index is 15.0. The molecule has 1 unspecified atom stereocenters. The van der Waals surface area contributed by atoms with E-state index in [0.29, 0.717) is 6.54 Å². The fourth-order valence-corrected chi connectivity index (χ4v) is 3.48. The smallest absolute Gasteiger partial charge is 0.259 e. The molecule has 1 aromatic rings. The predicted molar refractivity (Wildman–Crippen MR) is 80.6 cm³/mol. The lowest BCUT2D eigenvalue weighted by molar-refractivity contribution is -0.131. The number of rotatable bonds is 3. The molecule has 3 aliphatic rings. The summed E-state index contributed by atoms with van der Waals surface area (Å²) in [5.74, 6) is 1.13. The Morgan fingerprint density at radius 3 is 2.95 bits per heavy atom. The largest absolute Gasteiger partial charge is 0.352 e. The molecule has 2 heterocycles. The molecule has 118 valence electrons. The number of carbonyl (C=O) groups is 1. The number of nitrogens with one attached hydrogen (secondary N) is 1. The average molecular weight is 304 g/mol. The fraction of sp³-hybridized carbons (Fsp3) is 0.688. The van der Waals surface area contributed by atoms with Gasteiger partial charge in [0.05, 0.1) is 6.54 Å². The number of aryl methyl sites for hydroxylation is 2. The maximum Gasteiger partial charge on any atom is 0.259 e. The summed E-state index contributed by atoms with van der Waals surface area (Å²) in [6.07, 6.45) is 5.20. The first-order valence-corrected chi connectivity index (χ1v) is 8.16. The van der Waals surface area contributed by atoms with Gasteiger partial charge in [-0.3, -0.25) is 4.79 Å². The van der Waals surface area contributed by atoms with Gasteiger partial charge in [-0.2, -0.15) is 0 Å². The Kier molecular flexibility index (Phi) is 3.09. The second kappa shape index (κ2) is 4.89. The van der Waals surface area contributed by atoms with Crippen LogP contribution in [0.15, 0.2) is 0 Å². The first kappa shape index (κ1) is 13.9. The van der Waals surface area contributed by atoms with Gasteiger partial charge in [-0.05, 0) is 39.0 Å². The monoisotopic (exact) mass is 304 g/mol. The minimum absolute atomic E-state index is 0.106. The highest BCUT2D eigenvalue weighted by molar-refractivity contribution is 5.87. The summed E-state index contributed by atoms with van der Waals surface area (Å²) in [6.45, 7) is 2.52. The van der Waals surface area contributed by atoms with E-state index >= 15 is 0 Å². The number of aromatic nitrogens is 2. The number of nitrogens with zero attached hydrogens (tertiary/aromatic N) is 3. The predicted octanol–water partition coefficient (Wildman–Crippen LogP) is 1.47. The molecule has 0 aromatic carbocycles. The normalized spacial score (nSPS) is 27.1. The number of alkyl halides is 1. The lowest BCUT2D eigenvalue weighted by atomic mass is 10.0. The van der Waals surface area contributed by atoms with Crippen LogP contribution in [0.2, 0.25) is 0 Å². The van der Waals surface area contributed by atoms with E-state index in [2.05, 4.69) is 15.3 Å². The van der Waals surface area contributed by atoms with Crippen LogP contribution in [-0.4, -0.2) is 40.7 Å². The van der Waals surface area contributed by atoms with Crippen molar-refractivity contribution in [2.75, 3.05) is 18.0 Å². The topological polar surface area (TPSA) is 58.1 Å². The maximum absolute atomic E-state index is 15.0. The van der Waals surface area contributed by atoms with Crippen LogP contribution in [-0.2, 0) is 17.6 Å². The van der Waals surface area contributed by atoms with Crippen molar-refractivity contribution in [2.24, 2.45) is 0 Å². The molecule has 1 amide bonds. The van der Waals surface area contributed by atoms with Crippen molar-refractivity contribution in [1.82, 2.24) is 15.3 Å². The Morgan fingerprint density at radius 2 is 2.18 bits per heavy atom. The summed E-state index contributed by atoms with van der Waals surface area (Å²) in [4.78, 5) is 23.1. The summed E-state index contributed by atoms with van der Waals surface area (Å²) in [5, 5.41) is 2.80. The summed E-state index contributed by atoms with van der Waals surface area (Å²) in [7, 11) is 0. The Balaban J connectivity index is 1.56. The van der Waals surface area contributed by atoms with Crippen molar-refractivity contribution in [1.29, 1.82) is 0 Å². The van der Waals surface area contributed by atoms with Gasteiger partial charge in [0, 0.05) is 30.3 Å². The van der Waals surface area contributed by atoms with Crippen LogP contribution >= 0.6 is 0 Å². The minimum atomic E-state index is -1.78. The molecule has 1 aromatic heterocycles. The fourth-order valence-electron chi connectivity index (χ4n) is 3.48. The molecule has 6 heteroatoms. The van der Waals surface area contributed by atoms with Crippen LogP contribution in [0.25, 0.3) is 0 Å². The quantitative estimate of drug-likeness (QED) is 0.919. The van der Waals surface area contributed by atoms with E-state index in [9.17, 15) is 9.18 Å². The summed E-state index contributed by atoms with van der Waals surface area (Å²) < 4.78 is 15.0. The summed E-state index contributed by atoms with van der Waals surface area (Å²) >= 11 is 0. The zero-order valence-corrected chi connectivity index (χ0v) is 12.9. The molecule has 2 fully saturated rings. The number of fused-ring (bicyclic) bond motifs is 1. The van der Waals surface area contributed by atoms with Gasteiger partial charge in [0.1, 0.15) is 11.6 Å². The third-order valence-corrected chi connectivity index (χ3v) is 4.86. The first-order valence-electron chi connectivity index (χ1n) is 8.16. The lowest BCUT2D eigenvalue weighted by Crippen LogP contribution is -2.46. The standard InChI is InChI=1S/C16H21FN4O/c1-10-18-13-4-2-3-12(13)14(19-10)21-8-7-16(17,9-21)15(22)20-11-5-6-11/h11H,2-9H2,1H3,(H,20,22). The Hall–Kier alpha value is -1.72. The molecule has 0 radical (unpaired) electrons. The molecule has 1 aliphatic heterocycles. The van der Waals surface area contributed by atoms with Crippen molar-refractivity contribution in [3.8, 4) is 0 Å². The highest BCUT2D eigenvalue weighted by Crippen LogP contribution is 2.35. The zero-order valence-electron chi connectivity index (χ0n) is 12.9. The third kappa shape index (κ3) is 2.34. The van der Waals surface area contributed by atoms with E-state index in [1.807, 2.05) is 11.8 Å². The molecule has 1 saturated carbocycles. The lowest BCUT2D eigenvalue weighted by Gasteiger charge is -2.23. The highest BCUT2D eigenvalue weighted by atomic mass is 19.1. The van der Waals surface area contributed by atoms with E-state index in [1.165, 1.54) is 0 Å². The van der Waals surface area contributed by atoms with Gasteiger partial charge in [-0.25, -0.2) is 14.4 Å². The zero-order chi connectivity index (χ0) is 15.3. The van der Waals surface area contributed by atoms with Gasteiger partial charge in [0.15, 0.2) is 0 Å². The molecule has 2 aliphatic carbocycles. The van der Waals surface area contributed by atoms with Crippen LogP contribution in [0.4, 0.5) is 10.2 Å². The first-order chi connectivity index (χ1) is 10.5. The van der Waals surface area contributed by atoms with Crippen molar-refractivity contribution < 1.29 is 9.18 Å². The summed E-state index contributed by atoms with van der Waals surface area (Å²) in [5.41, 5.74) is 0.464. The molecule has 5 nitrogen and oxygen atoms in total. The number of amides is 1. The third-order valence-electron chi connectivity index (χ3n) is 4.86. The molecular weight excluding hydrogens is 283 g/mol. The Morgan fingerprint density at radius 1 is 1.36 bits per heavy atom. The molecule has 0 spiro atoms. The van der Waals surface area contributed by atoms with Crippen molar-refractivity contribution in [3.05, 3.63) is 17.1 Å². The van der Waals surface area contributed by atoms with Crippen LogP contribution in [0.1, 0.15) is 42.8 Å². The van der Waals surface area contributed by atoms with Crippen LogP contribution in [0, 0.1) is 6.92 Å². The molecule has 4 rings (SSSR count).